The molecule has 2 amide bonds. The number of esters is 1. The van der Waals surface area contributed by atoms with Crippen molar-refractivity contribution in [1.29, 1.82) is 0 Å². The van der Waals surface area contributed by atoms with Crippen molar-refractivity contribution in [3.63, 3.8) is 0 Å². The van der Waals surface area contributed by atoms with Gasteiger partial charge in [-0.3, -0.25) is 4.79 Å². The quantitative estimate of drug-likeness (QED) is 0.870. The summed E-state index contributed by atoms with van der Waals surface area (Å²) < 4.78 is 5.06. The molecule has 22 heavy (non-hydrogen) atoms. The lowest BCUT2D eigenvalue weighted by Gasteiger charge is -2.31. The van der Waals surface area contributed by atoms with Gasteiger partial charge in [-0.05, 0) is 43.9 Å². The Labute approximate surface area is 131 Å². The van der Waals surface area contributed by atoms with Crippen LogP contribution in [0.3, 0.4) is 0 Å². The molecule has 0 aromatic heterocycles. The van der Waals surface area contributed by atoms with Crippen LogP contribution >= 0.6 is 0 Å². The molecule has 1 fully saturated rings. The van der Waals surface area contributed by atoms with Crippen molar-refractivity contribution >= 4 is 17.7 Å². The fraction of sp³-hybridized carbons (Fsp3) is 0.529. The molecule has 1 saturated heterocycles. The van der Waals surface area contributed by atoms with Gasteiger partial charge >= 0.3 is 12.0 Å². The molecule has 5 nitrogen and oxygen atoms in total. The molecule has 2 rings (SSSR count). The van der Waals surface area contributed by atoms with Gasteiger partial charge in [0.2, 0.25) is 0 Å². The molecule has 0 radical (unpaired) electrons. The molecule has 0 unspecified atom stereocenters. The highest BCUT2D eigenvalue weighted by Crippen LogP contribution is 2.19. The van der Waals surface area contributed by atoms with Gasteiger partial charge in [0.05, 0.1) is 12.5 Å². The Balaban J connectivity index is 1.92. The number of urea groups is 1. The second-order valence-corrected chi connectivity index (χ2v) is 5.52. The van der Waals surface area contributed by atoms with Crippen LogP contribution in [0.4, 0.5) is 10.5 Å². The van der Waals surface area contributed by atoms with Gasteiger partial charge < -0.3 is 15.0 Å². The summed E-state index contributed by atoms with van der Waals surface area (Å²) in [6.45, 7) is 5.37. The van der Waals surface area contributed by atoms with Gasteiger partial charge in [-0.2, -0.15) is 0 Å². The molecule has 0 spiro atoms. The first-order chi connectivity index (χ1) is 10.6. The first-order valence-corrected chi connectivity index (χ1v) is 7.95. The van der Waals surface area contributed by atoms with Crippen LogP contribution in [-0.2, 0) is 16.0 Å². The Hall–Kier alpha value is -2.04. The Morgan fingerprint density at radius 3 is 2.64 bits per heavy atom. The maximum absolute atomic E-state index is 12.3. The van der Waals surface area contributed by atoms with Crippen molar-refractivity contribution in [1.82, 2.24) is 4.90 Å². The number of hydrogen-bond donors (Lipinski definition) is 1. The fourth-order valence-electron chi connectivity index (χ4n) is 2.64. The van der Waals surface area contributed by atoms with Crippen LogP contribution < -0.4 is 5.32 Å². The second-order valence-electron chi connectivity index (χ2n) is 5.52. The van der Waals surface area contributed by atoms with Crippen molar-refractivity contribution in [3.8, 4) is 0 Å². The van der Waals surface area contributed by atoms with E-state index in [-0.39, 0.29) is 17.9 Å². The van der Waals surface area contributed by atoms with Crippen molar-refractivity contribution in [2.45, 2.75) is 33.1 Å². The number of amides is 2. The number of carbonyl (C=O) groups excluding carboxylic acids is 2. The molecule has 1 N–H and O–H groups in total. The van der Waals surface area contributed by atoms with Crippen molar-refractivity contribution < 1.29 is 14.3 Å². The lowest BCUT2D eigenvalue weighted by Crippen LogP contribution is -2.44. The van der Waals surface area contributed by atoms with Crippen LogP contribution in [0.15, 0.2) is 24.3 Å². The second kappa shape index (κ2) is 7.82. The first-order valence-electron chi connectivity index (χ1n) is 7.95. The summed E-state index contributed by atoms with van der Waals surface area (Å²) in [5.41, 5.74) is 2.01. The summed E-state index contributed by atoms with van der Waals surface area (Å²) in [7, 11) is 0. The van der Waals surface area contributed by atoms with E-state index in [1.54, 1.807) is 11.8 Å². The summed E-state index contributed by atoms with van der Waals surface area (Å²) in [4.78, 5) is 25.8. The lowest BCUT2D eigenvalue weighted by molar-refractivity contribution is -0.149. The summed E-state index contributed by atoms with van der Waals surface area (Å²) in [5, 5.41) is 2.89. The third-order valence-electron chi connectivity index (χ3n) is 3.94. The van der Waals surface area contributed by atoms with Crippen LogP contribution in [0, 0.1) is 5.92 Å². The zero-order valence-electron chi connectivity index (χ0n) is 13.3. The number of rotatable bonds is 4. The Kier molecular flexibility index (Phi) is 5.81. The van der Waals surface area contributed by atoms with Gasteiger partial charge in [-0.25, -0.2) is 4.79 Å². The predicted molar refractivity (Wildman–Crippen MR) is 85.8 cm³/mol. The fourth-order valence-corrected chi connectivity index (χ4v) is 2.64. The molecule has 1 aromatic rings. The number of nitrogens with one attached hydrogen (secondary N) is 1. The highest BCUT2D eigenvalue weighted by Gasteiger charge is 2.29. The van der Waals surface area contributed by atoms with E-state index in [0.29, 0.717) is 19.7 Å². The maximum atomic E-state index is 12.3. The number of anilines is 1. The van der Waals surface area contributed by atoms with Crippen LogP contribution in [0.25, 0.3) is 0 Å². The molecule has 0 bridgehead atoms. The van der Waals surface area contributed by atoms with Crippen LogP contribution in [0.1, 0.15) is 32.3 Å². The smallest absolute Gasteiger partial charge is 0.321 e. The SMILES string of the molecule is CCOC(=O)[C@@H]1CCCN(C(=O)Nc2ccc(CC)cc2)C1. The molecule has 1 aliphatic rings. The van der Waals surface area contributed by atoms with E-state index in [0.717, 1.165) is 24.9 Å². The highest BCUT2D eigenvalue weighted by atomic mass is 16.5. The maximum Gasteiger partial charge on any atom is 0.321 e. The van der Waals surface area contributed by atoms with Crippen molar-refractivity contribution in [2.75, 3.05) is 25.0 Å². The number of aryl methyl sites for hydroxylation is 1. The number of likely N-dealkylation sites (tertiary alicyclic amines) is 1. The van der Waals surface area contributed by atoms with Gasteiger partial charge in [0, 0.05) is 18.8 Å². The molecule has 5 heteroatoms. The third-order valence-corrected chi connectivity index (χ3v) is 3.94. The summed E-state index contributed by atoms with van der Waals surface area (Å²) in [6, 6.07) is 7.67. The zero-order chi connectivity index (χ0) is 15.9. The molecule has 1 atom stereocenters. The number of ether oxygens (including phenoxy) is 1. The van der Waals surface area contributed by atoms with Gasteiger partial charge in [0.25, 0.3) is 0 Å². The first kappa shape index (κ1) is 16.3. The minimum Gasteiger partial charge on any atom is -0.466 e. The molecular formula is C17H24N2O3. The van der Waals surface area contributed by atoms with E-state index < -0.39 is 0 Å². The molecule has 0 aliphatic carbocycles. The normalized spacial score (nSPS) is 17.9. The molecular weight excluding hydrogens is 280 g/mol. The van der Waals surface area contributed by atoms with E-state index in [4.69, 9.17) is 4.74 Å². The summed E-state index contributed by atoms with van der Waals surface area (Å²) >= 11 is 0. The molecule has 1 heterocycles. The molecule has 1 aliphatic heterocycles. The molecule has 1 aromatic carbocycles. The minimum absolute atomic E-state index is 0.154. The number of hydrogen-bond acceptors (Lipinski definition) is 3. The number of benzene rings is 1. The van der Waals surface area contributed by atoms with Gasteiger partial charge in [-0.15, -0.1) is 0 Å². The van der Waals surface area contributed by atoms with E-state index in [1.165, 1.54) is 5.56 Å². The third kappa shape index (κ3) is 4.23. The Bertz CT molecular complexity index is 513. The van der Waals surface area contributed by atoms with E-state index in [9.17, 15) is 9.59 Å². The van der Waals surface area contributed by atoms with Crippen LogP contribution in [0.5, 0.6) is 0 Å². The highest BCUT2D eigenvalue weighted by molar-refractivity contribution is 5.89. The predicted octanol–water partition coefficient (Wildman–Crippen LogP) is 3.06. The molecule has 0 saturated carbocycles. The average molecular weight is 304 g/mol. The van der Waals surface area contributed by atoms with Crippen LogP contribution in [-0.4, -0.2) is 36.6 Å². The number of piperidine rings is 1. The monoisotopic (exact) mass is 304 g/mol. The Morgan fingerprint density at radius 2 is 2.00 bits per heavy atom. The largest absolute Gasteiger partial charge is 0.466 e. The van der Waals surface area contributed by atoms with E-state index in [2.05, 4.69) is 12.2 Å². The van der Waals surface area contributed by atoms with Crippen LogP contribution in [0.2, 0.25) is 0 Å². The lowest BCUT2D eigenvalue weighted by atomic mass is 9.98. The van der Waals surface area contributed by atoms with Gasteiger partial charge in [0.1, 0.15) is 0 Å². The summed E-state index contributed by atoms with van der Waals surface area (Å²) in [6.07, 6.45) is 2.58. The van der Waals surface area contributed by atoms with Gasteiger partial charge in [0.15, 0.2) is 0 Å². The average Bonchev–Trinajstić information content (AvgIpc) is 2.56. The van der Waals surface area contributed by atoms with Crippen molar-refractivity contribution in [3.05, 3.63) is 29.8 Å². The standard InChI is InChI=1S/C17H24N2O3/c1-3-13-7-9-15(10-8-13)18-17(21)19-11-5-6-14(12-19)16(20)22-4-2/h7-10,14H,3-6,11-12H2,1-2H3,(H,18,21)/t14-/m1/s1. The van der Waals surface area contributed by atoms with E-state index in [1.807, 2.05) is 24.3 Å². The van der Waals surface area contributed by atoms with Gasteiger partial charge in [-0.1, -0.05) is 19.1 Å². The number of nitrogens with zero attached hydrogens (tertiary/aromatic N) is 1. The Morgan fingerprint density at radius 1 is 1.27 bits per heavy atom. The zero-order valence-corrected chi connectivity index (χ0v) is 13.3. The number of carbonyl (C=O) groups is 2. The molecule has 120 valence electrons. The summed E-state index contributed by atoms with van der Waals surface area (Å²) in [5.74, 6) is -0.408. The minimum atomic E-state index is -0.207. The van der Waals surface area contributed by atoms with Crippen molar-refractivity contribution in [2.24, 2.45) is 5.92 Å². The topological polar surface area (TPSA) is 58.6 Å². The van der Waals surface area contributed by atoms with E-state index >= 15 is 0 Å².